The van der Waals surface area contributed by atoms with Gasteiger partial charge in [-0.1, -0.05) is 36.8 Å². The summed E-state index contributed by atoms with van der Waals surface area (Å²) in [4.78, 5) is 20.8. The fourth-order valence-electron chi connectivity index (χ4n) is 6.48. The zero-order valence-electron chi connectivity index (χ0n) is 26.6. The first-order chi connectivity index (χ1) is 21.2. The molecule has 5 rings (SSSR count). The van der Waals surface area contributed by atoms with E-state index < -0.39 is 15.7 Å². The number of morpholine rings is 1. The Labute approximate surface area is 265 Å². The first-order valence-corrected chi connectivity index (χ1v) is 17.4. The van der Waals surface area contributed by atoms with Gasteiger partial charge in [-0.05, 0) is 82.7 Å². The van der Waals surface area contributed by atoms with E-state index >= 15 is 0 Å². The van der Waals surface area contributed by atoms with Crippen LogP contribution in [0.3, 0.4) is 0 Å². The van der Waals surface area contributed by atoms with E-state index in [0.29, 0.717) is 36.8 Å². The summed E-state index contributed by atoms with van der Waals surface area (Å²) in [5.74, 6) is 7.25. The van der Waals surface area contributed by atoms with Gasteiger partial charge in [0.2, 0.25) is 0 Å². The summed E-state index contributed by atoms with van der Waals surface area (Å²) in [6, 6.07) is 9.64. The molecule has 0 bridgehead atoms. The molecule has 2 aliphatic heterocycles. The fraction of sp³-hybridized carbons (Fsp3) is 0.600. The fourth-order valence-corrected chi connectivity index (χ4v) is 7.88. The summed E-state index contributed by atoms with van der Waals surface area (Å²) in [6.07, 6.45) is 7.35. The summed E-state index contributed by atoms with van der Waals surface area (Å²) in [5, 5.41) is 13.1. The molecule has 238 valence electrons. The summed E-state index contributed by atoms with van der Waals surface area (Å²) in [7, 11) is -1.31. The van der Waals surface area contributed by atoms with Gasteiger partial charge in [-0.2, -0.15) is 0 Å². The third-order valence-corrected chi connectivity index (χ3v) is 10.7. The van der Waals surface area contributed by atoms with Crippen molar-refractivity contribution < 1.29 is 18.8 Å². The maximum Gasteiger partial charge on any atom is 0.269 e. The zero-order chi connectivity index (χ0) is 31.1. The molecule has 3 heterocycles. The van der Waals surface area contributed by atoms with Crippen LogP contribution in [-0.2, 0) is 22.3 Å². The molecular formula is C35H48N4O4S. The predicted octanol–water partition coefficient (Wildman–Crippen LogP) is 4.83. The minimum Gasteiger partial charge on any atom is -0.396 e. The summed E-state index contributed by atoms with van der Waals surface area (Å²) in [5.41, 5.74) is 4.73. The molecular weight excluding hydrogens is 572 g/mol. The van der Waals surface area contributed by atoms with Gasteiger partial charge in [-0.3, -0.25) is 9.69 Å². The highest BCUT2D eigenvalue weighted by Gasteiger charge is 2.40. The Morgan fingerprint density at radius 1 is 1.18 bits per heavy atom. The quantitative estimate of drug-likeness (QED) is 0.292. The van der Waals surface area contributed by atoms with Crippen molar-refractivity contribution in [1.82, 2.24) is 19.5 Å². The van der Waals surface area contributed by atoms with Crippen LogP contribution in [0.2, 0.25) is 0 Å². The van der Waals surface area contributed by atoms with Crippen molar-refractivity contribution in [2.24, 2.45) is 5.92 Å². The second kappa shape index (κ2) is 15.1. The largest absolute Gasteiger partial charge is 0.396 e. The molecule has 44 heavy (non-hydrogen) atoms. The number of benzene rings is 1. The summed E-state index contributed by atoms with van der Waals surface area (Å²) < 4.78 is 20.6. The lowest BCUT2D eigenvalue weighted by Gasteiger charge is -2.30. The van der Waals surface area contributed by atoms with Gasteiger partial charge in [0.15, 0.2) is 0 Å². The minimum absolute atomic E-state index is 0.0422. The molecule has 0 radical (unpaired) electrons. The lowest BCUT2D eigenvalue weighted by molar-refractivity contribution is 0.0374. The summed E-state index contributed by atoms with van der Waals surface area (Å²) >= 11 is 0. The van der Waals surface area contributed by atoms with Crippen LogP contribution in [0.5, 0.6) is 0 Å². The molecule has 8 nitrogen and oxygen atoms in total. The Balaban J connectivity index is 1.43. The number of amides is 1. The van der Waals surface area contributed by atoms with Crippen LogP contribution in [0.1, 0.15) is 98.9 Å². The highest BCUT2D eigenvalue weighted by molar-refractivity contribution is 7.84. The maximum absolute atomic E-state index is 13.7. The molecule has 2 atom stereocenters. The van der Waals surface area contributed by atoms with Gasteiger partial charge >= 0.3 is 0 Å². The molecule has 1 amide bonds. The summed E-state index contributed by atoms with van der Waals surface area (Å²) in [6.45, 7) is 11.1. The number of aliphatic hydroxyl groups excluding tert-OH is 1. The monoisotopic (exact) mass is 620 g/mol. The molecule has 1 aliphatic carbocycles. The molecule has 9 heteroatoms. The van der Waals surface area contributed by atoms with Crippen LogP contribution < -0.4 is 5.32 Å². The van der Waals surface area contributed by atoms with Gasteiger partial charge in [0, 0.05) is 55.9 Å². The molecule has 2 aromatic rings. The molecule has 1 saturated carbocycles. The third-order valence-electron chi connectivity index (χ3n) is 8.80. The number of rotatable bonds is 10. The van der Waals surface area contributed by atoms with Gasteiger partial charge in [0.1, 0.15) is 16.7 Å². The van der Waals surface area contributed by atoms with Gasteiger partial charge < -0.3 is 15.2 Å². The van der Waals surface area contributed by atoms with Crippen molar-refractivity contribution in [3.8, 4) is 23.1 Å². The Morgan fingerprint density at radius 3 is 2.68 bits per heavy atom. The van der Waals surface area contributed by atoms with Crippen molar-refractivity contribution in [2.75, 3.05) is 46.0 Å². The highest BCUT2D eigenvalue weighted by atomic mass is 32.2. The van der Waals surface area contributed by atoms with E-state index in [2.05, 4.69) is 22.1 Å². The number of aliphatic hydroxyl groups is 1. The normalized spacial score (nSPS) is 20.2. The van der Waals surface area contributed by atoms with Crippen LogP contribution in [0.4, 0.5) is 0 Å². The van der Waals surface area contributed by atoms with Crippen LogP contribution in [0.25, 0.3) is 11.3 Å². The molecule has 1 unspecified atom stereocenters. The van der Waals surface area contributed by atoms with E-state index in [-0.39, 0.29) is 18.6 Å². The third kappa shape index (κ3) is 8.15. The van der Waals surface area contributed by atoms with E-state index in [1.165, 1.54) is 25.7 Å². The Kier molecular flexibility index (Phi) is 11.3. The number of carbonyl (C=O) groups is 1. The van der Waals surface area contributed by atoms with Crippen molar-refractivity contribution in [2.45, 2.75) is 83.1 Å². The van der Waals surface area contributed by atoms with E-state index in [0.717, 1.165) is 67.9 Å². The van der Waals surface area contributed by atoms with Crippen molar-refractivity contribution in [3.63, 3.8) is 0 Å². The second-order valence-corrected chi connectivity index (χ2v) is 15.4. The number of nitrogens with one attached hydrogen (secondary N) is 1. The van der Waals surface area contributed by atoms with Crippen LogP contribution in [0, 0.1) is 17.8 Å². The second-order valence-electron chi connectivity index (χ2n) is 13.2. The maximum atomic E-state index is 13.7. The van der Waals surface area contributed by atoms with Crippen LogP contribution >= 0.6 is 0 Å². The Morgan fingerprint density at radius 2 is 1.95 bits per heavy atom. The molecule has 1 aromatic carbocycles. The van der Waals surface area contributed by atoms with Crippen molar-refractivity contribution in [3.05, 3.63) is 52.7 Å². The number of hydrogen-bond acceptors (Lipinski definition) is 6. The first kappa shape index (κ1) is 32.8. The van der Waals surface area contributed by atoms with Gasteiger partial charge in [-0.15, -0.1) is 0 Å². The SMILES string of the molecule is CC(C)(C)S(=O)N1Cc2cc(C(=O)NCCCN3CCOCC3)nc(-c3cccc(C#CCC4CCCC4)c3)c2[C@@H]1CCO. The minimum atomic E-state index is -1.31. The molecule has 1 saturated heterocycles. The van der Waals surface area contributed by atoms with Crippen molar-refractivity contribution >= 4 is 16.9 Å². The van der Waals surface area contributed by atoms with Gasteiger partial charge in [0.05, 0.1) is 29.7 Å². The number of pyridine rings is 1. The van der Waals surface area contributed by atoms with E-state index in [9.17, 15) is 14.1 Å². The van der Waals surface area contributed by atoms with Crippen molar-refractivity contribution in [1.29, 1.82) is 0 Å². The Bertz CT molecular complexity index is 1380. The van der Waals surface area contributed by atoms with Crippen LogP contribution in [0.15, 0.2) is 30.3 Å². The van der Waals surface area contributed by atoms with E-state index in [1.807, 2.05) is 55.4 Å². The standard InChI is InChI=1S/C35H48N4O4S/c1-35(2,3)44(42)39-25-29-24-30(34(41)36-16-8-17-38-18-21-43-22-19-38)37-33(32(29)31(39)15-20-40)28-14-7-13-27(23-28)12-6-11-26-9-4-5-10-26/h7,13-14,23-24,26,31,40H,4-5,8-11,15-22,25H2,1-3H3,(H,36,41)/t31-,44?/m0/s1. The average molecular weight is 621 g/mol. The molecule has 1 aromatic heterocycles. The van der Waals surface area contributed by atoms with Crippen LogP contribution in [-0.4, -0.2) is 80.2 Å². The lowest BCUT2D eigenvalue weighted by Crippen LogP contribution is -2.38. The molecule has 3 aliphatic rings. The zero-order valence-corrected chi connectivity index (χ0v) is 27.4. The smallest absolute Gasteiger partial charge is 0.269 e. The number of ether oxygens (including phenoxy) is 1. The number of hydrogen-bond donors (Lipinski definition) is 2. The molecule has 2 fully saturated rings. The number of nitrogens with zero attached hydrogens (tertiary/aromatic N) is 3. The number of aromatic nitrogens is 1. The average Bonchev–Trinajstić information content (AvgIpc) is 3.67. The topological polar surface area (TPSA) is 95.0 Å². The van der Waals surface area contributed by atoms with E-state index in [4.69, 9.17) is 9.72 Å². The molecule has 2 N–H and O–H groups in total. The lowest BCUT2D eigenvalue weighted by atomic mass is 9.95. The first-order valence-electron chi connectivity index (χ1n) is 16.3. The molecule has 0 spiro atoms. The van der Waals surface area contributed by atoms with Gasteiger partial charge in [0.25, 0.3) is 5.91 Å². The van der Waals surface area contributed by atoms with E-state index in [1.54, 1.807) is 0 Å². The Hall–Kier alpha value is -2.61. The van der Waals surface area contributed by atoms with Gasteiger partial charge in [-0.25, -0.2) is 13.5 Å². The predicted molar refractivity (Wildman–Crippen MR) is 175 cm³/mol. The number of carbonyl (C=O) groups excluding carboxylic acids is 1. The number of fused-ring (bicyclic) bond motifs is 1. The highest BCUT2D eigenvalue weighted by Crippen LogP contribution is 2.44.